The zero-order valence-corrected chi connectivity index (χ0v) is 24.0. The van der Waals surface area contributed by atoms with Gasteiger partial charge < -0.3 is 15.2 Å². The summed E-state index contributed by atoms with van der Waals surface area (Å²) in [6, 6.07) is 1.51. The number of alkyl halides is 3. The first-order chi connectivity index (χ1) is 17.9. The quantitative estimate of drug-likeness (QED) is 0.468. The number of amides is 1. The number of aliphatic hydroxyl groups is 1. The Morgan fingerprint density at radius 3 is 2.41 bits per heavy atom. The average Bonchev–Trinajstić information content (AvgIpc) is 3.17. The summed E-state index contributed by atoms with van der Waals surface area (Å²) in [5.41, 5.74) is -2.26. The highest BCUT2D eigenvalue weighted by Crippen LogP contribution is 2.41. The van der Waals surface area contributed by atoms with E-state index in [-0.39, 0.29) is 37.3 Å². The van der Waals surface area contributed by atoms with Gasteiger partial charge in [0, 0.05) is 25.4 Å². The summed E-state index contributed by atoms with van der Waals surface area (Å²) in [6.07, 6.45) is -0.557. The highest BCUT2D eigenvalue weighted by Gasteiger charge is 2.47. The van der Waals surface area contributed by atoms with Crippen LogP contribution < -0.4 is 10.1 Å². The van der Waals surface area contributed by atoms with Crippen LogP contribution in [-0.2, 0) is 22.7 Å². The van der Waals surface area contributed by atoms with Gasteiger partial charge in [-0.25, -0.2) is 18.4 Å². The Bertz CT molecular complexity index is 1310. The second-order valence-corrected chi connectivity index (χ2v) is 13.3. The van der Waals surface area contributed by atoms with Crippen LogP contribution in [0.5, 0.6) is 5.75 Å². The number of sulfone groups is 1. The zero-order chi connectivity index (χ0) is 29.4. The molecular formula is C26H37F3N4O5S. The summed E-state index contributed by atoms with van der Waals surface area (Å²) in [5, 5.41) is 13.1. The molecule has 1 aliphatic rings. The van der Waals surface area contributed by atoms with Crippen molar-refractivity contribution in [2.45, 2.75) is 83.2 Å². The minimum absolute atomic E-state index is 0.0542. The van der Waals surface area contributed by atoms with Gasteiger partial charge in [0.25, 0.3) is 5.91 Å². The molecule has 1 amide bonds. The largest absolute Gasteiger partial charge is 0.493 e. The minimum atomic E-state index is -4.39. The topological polar surface area (TPSA) is 123 Å². The highest BCUT2D eigenvalue weighted by molar-refractivity contribution is 7.91. The predicted octanol–water partition coefficient (Wildman–Crippen LogP) is 3.73. The van der Waals surface area contributed by atoms with Gasteiger partial charge in [-0.15, -0.1) is 0 Å². The van der Waals surface area contributed by atoms with Crippen LogP contribution >= 0.6 is 0 Å². The Hall–Kier alpha value is -2.67. The molecule has 2 aromatic rings. The molecule has 0 aromatic carbocycles. The maximum Gasteiger partial charge on any atom is 0.394 e. The van der Waals surface area contributed by atoms with Crippen LogP contribution in [-0.4, -0.2) is 70.9 Å². The lowest BCUT2D eigenvalue weighted by atomic mass is 9.84. The van der Waals surface area contributed by atoms with Gasteiger partial charge in [-0.3, -0.25) is 9.36 Å². The third kappa shape index (κ3) is 6.74. The van der Waals surface area contributed by atoms with E-state index in [1.54, 1.807) is 11.5 Å². The van der Waals surface area contributed by atoms with Crippen LogP contribution in [0.1, 0.15) is 74.0 Å². The fourth-order valence-corrected chi connectivity index (χ4v) is 5.95. The molecule has 1 fully saturated rings. The van der Waals surface area contributed by atoms with Crippen molar-refractivity contribution in [2.75, 3.05) is 19.9 Å². The number of hydrogen-bond acceptors (Lipinski definition) is 7. The van der Waals surface area contributed by atoms with E-state index in [4.69, 9.17) is 4.74 Å². The van der Waals surface area contributed by atoms with Crippen molar-refractivity contribution in [3.63, 3.8) is 0 Å². The van der Waals surface area contributed by atoms with Crippen LogP contribution in [0, 0.1) is 12.3 Å². The number of halogens is 3. The van der Waals surface area contributed by atoms with Crippen molar-refractivity contribution in [1.82, 2.24) is 19.9 Å². The normalized spacial score (nSPS) is 20.6. The Kier molecular flexibility index (Phi) is 8.76. The number of hydrogen-bond donors (Lipinski definition) is 2. The molecule has 1 aliphatic carbocycles. The molecule has 0 atom stereocenters. The zero-order valence-electron chi connectivity index (χ0n) is 23.1. The van der Waals surface area contributed by atoms with Gasteiger partial charge in [0.1, 0.15) is 21.4 Å². The molecule has 39 heavy (non-hydrogen) atoms. The Morgan fingerprint density at radius 2 is 1.90 bits per heavy atom. The third-order valence-electron chi connectivity index (χ3n) is 7.49. The van der Waals surface area contributed by atoms with Gasteiger partial charge >= 0.3 is 6.18 Å². The Balaban J connectivity index is 1.83. The number of carbonyl (C=O) groups is 1. The summed E-state index contributed by atoms with van der Waals surface area (Å²) < 4.78 is 70.9. The number of carbonyl (C=O) groups excluding carboxylic acids is 1. The van der Waals surface area contributed by atoms with Crippen LogP contribution in [0.25, 0.3) is 5.82 Å². The first-order valence-electron chi connectivity index (χ1n) is 12.8. The molecule has 0 radical (unpaired) electrons. The maximum atomic E-state index is 13.4. The molecule has 0 unspecified atom stereocenters. The molecule has 1 saturated carbocycles. The highest BCUT2D eigenvalue weighted by atomic mass is 32.2. The van der Waals surface area contributed by atoms with E-state index < -0.39 is 38.2 Å². The average molecular weight is 575 g/mol. The van der Waals surface area contributed by atoms with Gasteiger partial charge in [0.15, 0.2) is 11.6 Å². The summed E-state index contributed by atoms with van der Waals surface area (Å²) in [6.45, 7) is 5.72. The van der Waals surface area contributed by atoms with Gasteiger partial charge in [0.2, 0.25) is 0 Å². The van der Waals surface area contributed by atoms with Gasteiger partial charge in [-0.2, -0.15) is 13.2 Å². The standard InChI is InChI=1S/C26H37F3N4O5S/c1-7-20-32-21(23(34)31-15-25(35)10-8-18(9-11-25)39(6,36)37)16(2)33(20)22-19(38-5)12-17(14-30-22)13-24(3,4)26(27,28)29/h12,14,18,35H,7-11,13,15H2,1-6H3,(H,31,34)/t18-,25+. The molecule has 2 heterocycles. The maximum absolute atomic E-state index is 13.4. The van der Waals surface area contributed by atoms with E-state index in [0.717, 1.165) is 13.8 Å². The van der Waals surface area contributed by atoms with Crippen molar-refractivity contribution < 1.29 is 36.2 Å². The van der Waals surface area contributed by atoms with Gasteiger partial charge in [-0.05, 0) is 50.7 Å². The fourth-order valence-electron chi connectivity index (χ4n) is 4.86. The van der Waals surface area contributed by atoms with Crippen LogP contribution in [0.4, 0.5) is 13.2 Å². The van der Waals surface area contributed by atoms with Crippen molar-refractivity contribution in [2.24, 2.45) is 5.41 Å². The first-order valence-corrected chi connectivity index (χ1v) is 14.8. The Labute approximate surface area is 227 Å². The molecule has 2 N–H and O–H groups in total. The third-order valence-corrected chi connectivity index (χ3v) is 9.17. The molecule has 0 saturated heterocycles. The SMILES string of the molecule is CCc1nc(C(=O)NC[C@]2(O)CC[C@@H](S(C)(=O)=O)CC2)c(C)n1-c1ncc(CC(C)(C)C(F)(F)F)cc1OC. The summed E-state index contributed by atoms with van der Waals surface area (Å²) in [5.74, 6) is 0.524. The lowest BCUT2D eigenvalue weighted by molar-refractivity contribution is -0.211. The summed E-state index contributed by atoms with van der Waals surface area (Å²) in [7, 11) is -1.80. The van der Waals surface area contributed by atoms with E-state index in [0.29, 0.717) is 42.2 Å². The molecule has 0 spiro atoms. The van der Waals surface area contributed by atoms with Crippen LogP contribution in [0.3, 0.4) is 0 Å². The van der Waals surface area contributed by atoms with Gasteiger partial charge in [0.05, 0.1) is 29.1 Å². The number of imidazole rings is 1. The number of methoxy groups -OCH3 is 1. The van der Waals surface area contributed by atoms with Crippen molar-refractivity contribution >= 4 is 15.7 Å². The molecule has 13 heteroatoms. The molecule has 0 bridgehead atoms. The molecule has 2 aromatic heterocycles. The van der Waals surface area contributed by atoms with Gasteiger partial charge in [-0.1, -0.05) is 20.8 Å². The second-order valence-electron chi connectivity index (χ2n) is 11.0. The monoisotopic (exact) mass is 574 g/mol. The number of aryl methyl sites for hydroxylation is 1. The molecule has 0 aliphatic heterocycles. The fraction of sp³-hybridized carbons (Fsp3) is 0.654. The number of pyridine rings is 1. The van der Waals surface area contributed by atoms with E-state index in [1.807, 2.05) is 6.92 Å². The molecular weight excluding hydrogens is 537 g/mol. The van der Waals surface area contributed by atoms with E-state index >= 15 is 0 Å². The van der Waals surface area contributed by atoms with E-state index in [9.17, 15) is 31.5 Å². The second kappa shape index (κ2) is 11.1. The number of rotatable bonds is 9. The van der Waals surface area contributed by atoms with Crippen molar-refractivity contribution in [1.29, 1.82) is 0 Å². The number of ether oxygens (including phenoxy) is 1. The Morgan fingerprint density at radius 1 is 1.28 bits per heavy atom. The van der Waals surface area contributed by atoms with Crippen LogP contribution in [0.2, 0.25) is 0 Å². The molecule has 3 rings (SSSR count). The summed E-state index contributed by atoms with van der Waals surface area (Å²) in [4.78, 5) is 22.0. The summed E-state index contributed by atoms with van der Waals surface area (Å²) >= 11 is 0. The first kappa shape index (κ1) is 30.9. The molecule has 9 nitrogen and oxygen atoms in total. The van der Waals surface area contributed by atoms with Crippen molar-refractivity contribution in [3.05, 3.63) is 35.0 Å². The minimum Gasteiger partial charge on any atom is -0.493 e. The molecule has 218 valence electrons. The van der Waals surface area contributed by atoms with E-state index in [1.165, 1.54) is 25.6 Å². The van der Waals surface area contributed by atoms with Crippen LogP contribution in [0.15, 0.2) is 12.3 Å². The lowest BCUT2D eigenvalue weighted by Crippen LogP contribution is -2.47. The number of nitrogens with zero attached hydrogens (tertiary/aromatic N) is 3. The van der Waals surface area contributed by atoms with Crippen molar-refractivity contribution in [3.8, 4) is 11.6 Å². The number of aromatic nitrogens is 3. The van der Waals surface area contributed by atoms with E-state index in [2.05, 4.69) is 15.3 Å². The predicted molar refractivity (Wildman–Crippen MR) is 140 cm³/mol. The smallest absolute Gasteiger partial charge is 0.394 e. The lowest BCUT2D eigenvalue weighted by Gasteiger charge is -2.35. The number of nitrogens with one attached hydrogen (secondary N) is 1.